The molecule has 1 aromatic carbocycles. The van der Waals surface area contributed by atoms with Crippen molar-refractivity contribution in [3.63, 3.8) is 0 Å². The number of carboxylic acid groups (broad SMARTS) is 1. The lowest BCUT2D eigenvalue weighted by atomic mass is 9.61. The van der Waals surface area contributed by atoms with E-state index < -0.39 is 11.9 Å². The van der Waals surface area contributed by atoms with Gasteiger partial charge in [-0.15, -0.1) is 0 Å². The molecule has 0 aliphatic heterocycles. The number of furan rings is 1. The van der Waals surface area contributed by atoms with Gasteiger partial charge in [-0.2, -0.15) is 0 Å². The van der Waals surface area contributed by atoms with Crippen LogP contribution in [0.4, 0.5) is 5.82 Å². The average molecular weight is 424 g/mol. The molecule has 30 heavy (non-hydrogen) atoms. The molecule has 2 unspecified atom stereocenters. The van der Waals surface area contributed by atoms with E-state index in [1.54, 1.807) is 6.07 Å². The molecular weight excluding hydrogens is 402 g/mol. The summed E-state index contributed by atoms with van der Waals surface area (Å²) in [5.41, 5.74) is 1.54. The van der Waals surface area contributed by atoms with Crippen molar-refractivity contribution in [2.45, 2.75) is 31.7 Å². The van der Waals surface area contributed by atoms with Crippen molar-refractivity contribution >= 4 is 23.4 Å². The number of nitrogens with one attached hydrogen (secondary N) is 1. The number of fused-ring (bicyclic) bond motifs is 3. The average Bonchev–Trinajstić information content (AvgIpc) is 3.25. The van der Waals surface area contributed by atoms with Crippen LogP contribution < -0.4 is 5.32 Å². The molecule has 3 aliphatic rings. The van der Waals surface area contributed by atoms with Gasteiger partial charge in [-0.1, -0.05) is 30.3 Å². The van der Waals surface area contributed by atoms with Crippen LogP contribution >= 0.6 is 11.6 Å². The first-order valence-corrected chi connectivity index (χ1v) is 10.7. The predicted molar refractivity (Wildman–Crippen MR) is 114 cm³/mol. The molecule has 3 aromatic rings. The summed E-state index contributed by atoms with van der Waals surface area (Å²) in [6.45, 7) is 0. The minimum absolute atomic E-state index is 0.0977. The van der Waals surface area contributed by atoms with E-state index in [0.717, 1.165) is 37.0 Å². The molecule has 0 saturated heterocycles. The van der Waals surface area contributed by atoms with E-state index in [9.17, 15) is 9.90 Å². The first-order valence-electron chi connectivity index (χ1n) is 10.3. The topological polar surface area (TPSA) is 88.2 Å². The standard InChI is InChI=1S/C23H22ClN3O3/c24-23-25-16(18-11-10-17(30-18)13-4-2-1-3-5-13)12-19(27-23)26-21-15-8-6-14(7-9-15)20(21)22(28)29/h1-5,10-12,14-15,20-21H,6-9H2,(H,28,29)(H,25,26,27). The van der Waals surface area contributed by atoms with Gasteiger partial charge in [0.1, 0.15) is 17.3 Å². The Kier molecular flexibility index (Phi) is 4.95. The zero-order valence-corrected chi connectivity index (χ0v) is 17.0. The number of hydrogen-bond acceptors (Lipinski definition) is 5. The van der Waals surface area contributed by atoms with Crippen molar-refractivity contribution in [1.82, 2.24) is 9.97 Å². The summed E-state index contributed by atoms with van der Waals surface area (Å²) in [6.07, 6.45) is 4.08. The summed E-state index contributed by atoms with van der Waals surface area (Å²) in [6, 6.07) is 15.2. The smallest absolute Gasteiger partial charge is 0.308 e. The number of hydrogen-bond donors (Lipinski definition) is 2. The molecule has 2 aromatic heterocycles. The Balaban J connectivity index is 1.43. The van der Waals surface area contributed by atoms with Gasteiger partial charge in [0.25, 0.3) is 0 Å². The summed E-state index contributed by atoms with van der Waals surface area (Å²) in [7, 11) is 0. The first-order chi connectivity index (χ1) is 14.6. The maximum absolute atomic E-state index is 11.9. The molecule has 0 spiro atoms. The molecule has 0 amide bonds. The fourth-order valence-electron chi connectivity index (χ4n) is 5.03. The fourth-order valence-corrected chi connectivity index (χ4v) is 5.22. The van der Waals surface area contributed by atoms with Crippen LogP contribution in [-0.4, -0.2) is 27.1 Å². The predicted octanol–water partition coefficient (Wildman–Crippen LogP) is 5.36. The minimum Gasteiger partial charge on any atom is -0.481 e. The Morgan fingerprint density at radius 1 is 1.00 bits per heavy atom. The molecule has 7 heteroatoms. The van der Waals surface area contributed by atoms with Gasteiger partial charge < -0.3 is 14.8 Å². The third-order valence-corrected chi connectivity index (χ3v) is 6.60. The number of halogens is 1. The summed E-state index contributed by atoms with van der Waals surface area (Å²) in [5.74, 6) is 1.28. The number of carbonyl (C=O) groups is 1. The van der Waals surface area contributed by atoms with Crippen LogP contribution in [0.2, 0.25) is 5.28 Å². The highest BCUT2D eigenvalue weighted by Crippen LogP contribution is 2.46. The summed E-state index contributed by atoms with van der Waals surface area (Å²) in [4.78, 5) is 20.5. The van der Waals surface area contributed by atoms with Crippen molar-refractivity contribution in [3.05, 3.63) is 53.8 Å². The zero-order valence-electron chi connectivity index (χ0n) is 16.3. The van der Waals surface area contributed by atoms with E-state index in [0.29, 0.717) is 23.2 Å². The molecule has 2 atom stereocenters. The highest BCUT2D eigenvalue weighted by molar-refractivity contribution is 6.28. The summed E-state index contributed by atoms with van der Waals surface area (Å²) >= 11 is 6.20. The number of aliphatic carboxylic acids is 1. The van der Waals surface area contributed by atoms with Crippen LogP contribution in [0.3, 0.4) is 0 Å². The lowest BCUT2D eigenvalue weighted by Crippen LogP contribution is -2.51. The van der Waals surface area contributed by atoms with Gasteiger partial charge in [0.2, 0.25) is 5.28 Å². The minimum atomic E-state index is -0.735. The monoisotopic (exact) mass is 423 g/mol. The quantitative estimate of drug-likeness (QED) is 0.537. The number of anilines is 1. The van der Waals surface area contributed by atoms with Crippen LogP contribution in [0.5, 0.6) is 0 Å². The van der Waals surface area contributed by atoms with Crippen LogP contribution in [0.25, 0.3) is 22.8 Å². The first kappa shape index (κ1) is 19.1. The third kappa shape index (κ3) is 3.56. The summed E-state index contributed by atoms with van der Waals surface area (Å²) in [5, 5.41) is 13.3. The van der Waals surface area contributed by atoms with Crippen molar-refractivity contribution in [1.29, 1.82) is 0 Å². The third-order valence-electron chi connectivity index (χ3n) is 6.43. The van der Waals surface area contributed by atoms with E-state index in [-0.39, 0.29) is 17.2 Å². The van der Waals surface area contributed by atoms with Gasteiger partial charge in [-0.25, -0.2) is 9.97 Å². The van der Waals surface area contributed by atoms with Crippen molar-refractivity contribution in [2.75, 3.05) is 5.32 Å². The fraction of sp³-hybridized carbons (Fsp3) is 0.348. The molecule has 2 heterocycles. The maximum atomic E-state index is 11.9. The Morgan fingerprint density at radius 2 is 1.70 bits per heavy atom. The largest absolute Gasteiger partial charge is 0.481 e. The van der Waals surface area contributed by atoms with Crippen LogP contribution in [0.1, 0.15) is 25.7 Å². The number of carboxylic acids is 1. The number of rotatable bonds is 5. The van der Waals surface area contributed by atoms with Crippen LogP contribution in [0, 0.1) is 17.8 Å². The van der Waals surface area contributed by atoms with E-state index >= 15 is 0 Å². The van der Waals surface area contributed by atoms with Gasteiger partial charge in [-0.3, -0.25) is 4.79 Å². The lowest BCUT2D eigenvalue weighted by Gasteiger charge is -2.47. The molecule has 6 rings (SSSR count). The number of benzene rings is 1. The van der Waals surface area contributed by atoms with Crippen LogP contribution in [0.15, 0.2) is 52.9 Å². The molecule has 3 saturated carbocycles. The van der Waals surface area contributed by atoms with Crippen LogP contribution in [-0.2, 0) is 4.79 Å². The Labute approximate surface area is 179 Å². The summed E-state index contributed by atoms with van der Waals surface area (Å²) < 4.78 is 5.99. The van der Waals surface area contributed by atoms with E-state index in [1.165, 1.54) is 0 Å². The SMILES string of the molecule is O=C(O)C1C2CCC(CC2)C1Nc1cc(-c2ccc(-c3ccccc3)o2)nc(Cl)n1. The Morgan fingerprint density at radius 3 is 2.43 bits per heavy atom. The van der Waals surface area contributed by atoms with Crippen molar-refractivity contribution < 1.29 is 14.3 Å². The zero-order chi connectivity index (χ0) is 20.7. The molecule has 3 fully saturated rings. The van der Waals surface area contributed by atoms with E-state index in [1.807, 2.05) is 42.5 Å². The molecule has 2 N–H and O–H groups in total. The highest BCUT2D eigenvalue weighted by atomic mass is 35.5. The lowest BCUT2D eigenvalue weighted by molar-refractivity contribution is -0.148. The number of aromatic nitrogens is 2. The Bertz CT molecular complexity index is 1060. The van der Waals surface area contributed by atoms with E-state index in [2.05, 4.69) is 15.3 Å². The van der Waals surface area contributed by atoms with Crippen molar-refractivity contribution in [3.8, 4) is 22.8 Å². The highest BCUT2D eigenvalue weighted by Gasteiger charge is 2.47. The van der Waals surface area contributed by atoms with E-state index in [4.69, 9.17) is 16.0 Å². The van der Waals surface area contributed by atoms with Gasteiger partial charge in [-0.05, 0) is 61.3 Å². The van der Waals surface area contributed by atoms with Gasteiger partial charge >= 0.3 is 5.97 Å². The molecular formula is C23H22ClN3O3. The second-order valence-electron chi connectivity index (χ2n) is 8.15. The second-order valence-corrected chi connectivity index (χ2v) is 8.48. The second kappa shape index (κ2) is 7.76. The number of nitrogens with zero attached hydrogens (tertiary/aromatic N) is 2. The molecule has 3 aliphatic carbocycles. The van der Waals surface area contributed by atoms with Gasteiger partial charge in [0, 0.05) is 17.7 Å². The Hall–Kier alpha value is -2.86. The van der Waals surface area contributed by atoms with Gasteiger partial charge in [0.05, 0.1) is 5.92 Å². The molecule has 2 bridgehead atoms. The molecule has 0 radical (unpaired) electrons. The molecule has 6 nitrogen and oxygen atoms in total. The van der Waals surface area contributed by atoms with Crippen molar-refractivity contribution in [2.24, 2.45) is 17.8 Å². The maximum Gasteiger partial charge on any atom is 0.308 e. The normalized spacial score (nSPS) is 25.2. The molecule has 154 valence electrons. The van der Waals surface area contributed by atoms with Gasteiger partial charge in [0.15, 0.2) is 5.76 Å².